The minimum absolute atomic E-state index is 0.971. The van der Waals surface area contributed by atoms with Crippen LogP contribution in [0.15, 0.2) is 0 Å². The molecule has 0 amide bonds. The van der Waals surface area contributed by atoms with Crippen molar-refractivity contribution in [1.29, 1.82) is 0 Å². The SMILES string of the molecule is CC.CC1CCCC(C(C)CCC(C)C2CCC(C3CCC(C)CC3)CC2)CC1. The second-order valence-electron chi connectivity index (χ2n) is 11.6. The van der Waals surface area contributed by atoms with Gasteiger partial charge in [0.25, 0.3) is 0 Å². The maximum absolute atomic E-state index is 2.59. The minimum Gasteiger partial charge on any atom is -0.0683 e. The second-order valence-corrected chi connectivity index (χ2v) is 11.6. The minimum atomic E-state index is 0.971. The molecule has 0 nitrogen and oxygen atoms in total. The summed E-state index contributed by atoms with van der Waals surface area (Å²) in [5.74, 6) is 8.21. The topological polar surface area (TPSA) is 0 Å². The van der Waals surface area contributed by atoms with Crippen molar-refractivity contribution in [3.63, 3.8) is 0 Å². The molecule has 3 rings (SSSR count). The maximum atomic E-state index is 2.59. The summed E-state index contributed by atoms with van der Waals surface area (Å²) in [6.07, 6.45) is 22.9. The average molecular weight is 405 g/mol. The van der Waals surface area contributed by atoms with E-state index in [2.05, 4.69) is 27.7 Å². The highest BCUT2D eigenvalue weighted by molar-refractivity contribution is 4.83. The predicted molar refractivity (Wildman–Crippen MR) is 131 cm³/mol. The number of hydrogen-bond acceptors (Lipinski definition) is 0. The lowest BCUT2D eigenvalue weighted by atomic mass is 9.67. The smallest absolute Gasteiger partial charge is 0.0386 e. The largest absolute Gasteiger partial charge is 0.0683 e. The van der Waals surface area contributed by atoms with Gasteiger partial charge in [0.2, 0.25) is 0 Å². The molecule has 29 heavy (non-hydrogen) atoms. The van der Waals surface area contributed by atoms with Crippen LogP contribution in [0.1, 0.15) is 138 Å². The van der Waals surface area contributed by atoms with Gasteiger partial charge in [-0.25, -0.2) is 0 Å². The van der Waals surface area contributed by atoms with Gasteiger partial charge < -0.3 is 0 Å². The van der Waals surface area contributed by atoms with Gasteiger partial charge in [-0.2, -0.15) is 0 Å². The van der Waals surface area contributed by atoms with E-state index in [-0.39, 0.29) is 0 Å². The molecule has 4 atom stereocenters. The first-order chi connectivity index (χ1) is 14.0. The lowest BCUT2D eigenvalue weighted by molar-refractivity contribution is 0.126. The summed E-state index contributed by atoms with van der Waals surface area (Å²) in [6, 6.07) is 0. The van der Waals surface area contributed by atoms with Crippen LogP contribution in [0.3, 0.4) is 0 Å². The number of hydrogen-bond donors (Lipinski definition) is 0. The van der Waals surface area contributed by atoms with Gasteiger partial charge in [-0.05, 0) is 92.3 Å². The summed E-state index contributed by atoms with van der Waals surface area (Å²) < 4.78 is 0. The van der Waals surface area contributed by atoms with E-state index < -0.39 is 0 Å². The van der Waals surface area contributed by atoms with E-state index in [4.69, 9.17) is 0 Å². The van der Waals surface area contributed by atoms with Crippen molar-refractivity contribution in [2.75, 3.05) is 0 Å². The Morgan fingerprint density at radius 3 is 1.45 bits per heavy atom. The molecule has 0 aliphatic heterocycles. The third-order valence-electron chi connectivity index (χ3n) is 9.53. The normalized spacial score (nSPS) is 38.3. The Morgan fingerprint density at radius 1 is 0.517 bits per heavy atom. The zero-order valence-electron chi connectivity index (χ0n) is 21.2. The molecule has 0 heteroatoms. The Hall–Kier alpha value is 0. The average Bonchev–Trinajstić information content (AvgIpc) is 2.98. The first kappa shape index (κ1) is 25.3. The van der Waals surface area contributed by atoms with Crippen molar-refractivity contribution < 1.29 is 0 Å². The predicted octanol–water partition coefficient (Wildman–Crippen LogP) is 9.91. The molecule has 3 fully saturated rings. The van der Waals surface area contributed by atoms with Crippen molar-refractivity contribution in [2.45, 2.75) is 138 Å². The summed E-state index contributed by atoms with van der Waals surface area (Å²) in [6.45, 7) is 14.1. The molecule has 0 bridgehead atoms. The molecule has 0 aromatic rings. The van der Waals surface area contributed by atoms with Crippen LogP contribution < -0.4 is 0 Å². The molecule has 3 aliphatic carbocycles. The van der Waals surface area contributed by atoms with Crippen LogP contribution in [0.5, 0.6) is 0 Å². The third kappa shape index (κ3) is 8.22. The Kier molecular flexibility index (Phi) is 11.7. The molecule has 4 unspecified atom stereocenters. The monoisotopic (exact) mass is 404 g/mol. The van der Waals surface area contributed by atoms with E-state index >= 15 is 0 Å². The van der Waals surface area contributed by atoms with Gasteiger partial charge in [0.1, 0.15) is 0 Å². The molecular weight excluding hydrogens is 348 g/mol. The van der Waals surface area contributed by atoms with Crippen LogP contribution in [0.4, 0.5) is 0 Å². The fourth-order valence-electron chi connectivity index (χ4n) is 7.02. The fraction of sp³-hybridized carbons (Fsp3) is 1.00. The van der Waals surface area contributed by atoms with Crippen LogP contribution in [-0.2, 0) is 0 Å². The van der Waals surface area contributed by atoms with E-state index in [1.54, 1.807) is 38.5 Å². The molecule has 0 aromatic carbocycles. The van der Waals surface area contributed by atoms with Gasteiger partial charge in [0, 0.05) is 0 Å². The Morgan fingerprint density at radius 2 is 0.897 bits per heavy atom. The highest BCUT2D eigenvalue weighted by Gasteiger charge is 2.32. The first-order valence-corrected chi connectivity index (χ1v) is 14.0. The van der Waals surface area contributed by atoms with Gasteiger partial charge in [0.05, 0.1) is 0 Å². The van der Waals surface area contributed by atoms with Crippen molar-refractivity contribution in [3.05, 3.63) is 0 Å². The lowest BCUT2D eigenvalue weighted by Gasteiger charge is -2.39. The highest BCUT2D eigenvalue weighted by atomic mass is 14.4. The molecule has 3 aliphatic rings. The molecule has 0 N–H and O–H groups in total. The van der Waals surface area contributed by atoms with Crippen molar-refractivity contribution >= 4 is 0 Å². The van der Waals surface area contributed by atoms with E-state index in [1.807, 2.05) is 13.8 Å². The summed E-state index contributed by atoms with van der Waals surface area (Å²) in [7, 11) is 0. The summed E-state index contributed by atoms with van der Waals surface area (Å²) in [5, 5.41) is 0. The summed E-state index contributed by atoms with van der Waals surface area (Å²) >= 11 is 0. The maximum Gasteiger partial charge on any atom is -0.0386 e. The Labute approximate surface area is 185 Å². The van der Waals surface area contributed by atoms with E-state index in [9.17, 15) is 0 Å². The van der Waals surface area contributed by atoms with Gasteiger partial charge in [0.15, 0.2) is 0 Å². The van der Waals surface area contributed by atoms with Gasteiger partial charge in [-0.15, -0.1) is 0 Å². The van der Waals surface area contributed by atoms with Crippen molar-refractivity contribution in [2.24, 2.45) is 47.3 Å². The fourth-order valence-corrected chi connectivity index (χ4v) is 7.02. The van der Waals surface area contributed by atoms with Gasteiger partial charge >= 0.3 is 0 Å². The second kappa shape index (κ2) is 13.4. The van der Waals surface area contributed by atoms with Gasteiger partial charge in [-0.3, -0.25) is 0 Å². The summed E-state index contributed by atoms with van der Waals surface area (Å²) in [5.41, 5.74) is 0. The molecular formula is C29H56. The van der Waals surface area contributed by atoms with Crippen LogP contribution in [0.25, 0.3) is 0 Å². The van der Waals surface area contributed by atoms with Crippen LogP contribution in [0.2, 0.25) is 0 Å². The molecule has 0 aromatic heterocycles. The molecule has 0 heterocycles. The zero-order valence-corrected chi connectivity index (χ0v) is 21.2. The molecule has 0 radical (unpaired) electrons. The Balaban J connectivity index is 0.00000145. The molecule has 0 saturated heterocycles. The lowest BCUT2D eigenvalue weighted by Crippen LogP contribution is -2.27. The zero-order chi connectivity index (χ0) is 21.2. The third-order valence-corrected chi connectivity index (χ3v) is 9.53. The quantitative estimate of drug-likeness (QED) is 0.386. The van der Waals surface area contributed by atoms with Crippen LogP contribution >= 0.6 is 0 Å². The highest BCUT2D eigenvalue weighted by Crippen LogP contribution is 2.44. The van der Waals surface area contributed by atoms with Crippen molar-refractivity contribution in [1.82, 2.24) is 0 Å². The van der Waals surface area contributed by atoms with Crippen LogP contribution in [-0.4, -0.2) is 0 Å². The van der Waals surface area contributed by atoms with E-state index in [0.29, 0.717) is 0 Å². The van der Waals surface area contributed by atoms with Crippen LogP contribution in [0, 0.1) is 47.3 Å². The molecule has 3 saturated carbocycles. The van der Waals surface area contributed by atoms with Crippen molar-refractivity contribution in [3.8, 4) is 0 Å². The van der Waals surface area contributed by atoms with E-state index in [1.165, 1.54) is 57.8 Å². The molecule has 0 spiro atoms. The standard InChI is InChI=1S/C27H50.C2H6/c1-20-6-5-7-24(13-8-20)22(3)11-12-23(4)25-16-18-27(19-17-25)26-14-9-21(2)10-15-26;1-2/h20-27H,5-19H2,1-4H3;1-2H3. The van der Waals surface area contributed by atoms with E-state index in [0.717, 1.165) is 47.3 Å². The molecule has 172 valence electrons. The van der Waals surface area contributed by atoms with Gasteiger partial charge in [-0.1, -0.05) is 92.9 Å². The summed E-state index contributed by atoms with van der Waals surface area (Å²) in [4.78, 5) is 0. The first-order valence-electron chi connectivity index (χ1n) is 14.0. The Bertz CT molecular complexity index is 396. The number of rotatable bonds is 6.